The minimum atomic E-state index is -1.19. The first-order chi connectivity index (χ1) is 20.3. The number of rotatable bonds is 10. The van der Waals surface area contributed by atoms with Crippen LogP contribution in [0.2, 0.25) is 0 Å². The number of imidazole rings is 1. The highest BCUT2D eigenvalue weighted by Gasteiger charge is 2.27. The lowest BCUT2D eigenvalue weighted by Gasteiger charge is -2.32. The SMILES string of the molecule is O=C(O)c1cc(F)c2nc(CN3CCC(Oc4ccnc(COc5ccc(F)cc5F)c4)CC3)n(C[C@@H]3CCO3)c2c1. The van der Waals surface area contributed by atoms with E-state index in [4.69, 9.17) is 14.2 Å². The molecule has 9 nitrogen and oxygen atoms in total. The van der Waals surface area contributed by atoms with Gasteiger partial charge in [0.25, 0.3) is 0 Å². The smallest absolute Gasteiger partial charge is 0.335 e. The summed E-state index contributed by atoms with van der Waals surface area (Å²) < 4.78 is 60.9. The number of ether oxygens (including phenoxy) is 3. The van der Waals surface area contributed by atoms with Gasteiger partial charge in [-0.2, -0.15) is 0 Å². The van der Waals surface area contributed by atoms with Crippen LogP contribution in [0.3, 0.4) is 0 Å². The zero-order chi connectivity index (χ0) is 29.2. The Bertz CT molecular complexity index is 1600. The standard InChI is InChI=1S/C30H29F3N4O5/c31-19-1-2-27(24(32)13-19)41-17-20-14-22(3-7-34-20)42-21-4-8-36(9-5-21)16-28-35-29-25(33)11-18(30(38)39)12-26(29)37(28)15-23-6-10-40-23/h1-3,7,11-14,21,23H,4-6,8-10,15-17H2,(H,38,39)/t23-/m0/s1. The van der Waals surface area contributed by atoms with Crippen molar-refractivity contribution in [1.29, 1.82) is 0 Å². The van der Waals surface area contributed by atoms with E-state index in [1.54, 1.807) is 18.3 Å². The summed E-state index contributed by atoms with van der Waals surface area (Å²) >= 11 is 0. The van der Waals surface area contributed by atoms with Crippen molar-refractivity contribution in [3.05, 3.63) is 83.2 Å². The summed E-state index contributed by atoms with van der Waals surface area (Å²) in [5.41, 5.74) is 1.04. The van der Waals surface area contributed by atoms with Crippen LogP contribution < -0.4 is 9.47 Å². The lowest BCUT2D eigenvalue weighted by Crippen LogP contribution is -2.39. The van der Waals surface area contributed by atoms with Crippen molar-refractivity contribution >= 4 is 17.0 Å². The second-order valence-electron chi connectivity index (χ2n) is 10.5. The predicted molar refractivity (Wildman–Crippen MR) is 145 cm³/mol. The summed E-state index contributed by atoms with van der Waals surface area (Å²) in [6.07, 6.45) is 3.92. The van der Waals surface area contributed by atoms with Gasteiger partial charge in [0.2, 0.25) is 0 Å². The predicted octanol–water partition coefficient (Wildman–Crippen LogP) is 4.96. The van der Waals surface area contributed by atoms with Gasteiger partial charge in [-0.15, -0.1) is 0 Å². The number of benzene rings is 2. The molecule has 0 unspecified atom stereocenters. The first-order valence-electron chi connectivity index (χ1n) is 13.8. The van der Waals surface area contributed by atoms with Gasteiger partial charge in [-0.3, -0.25) is 9.88 Å². The fourth-order valence-corrected chi connectivity index (χ4v) is 5.24. The summed E-state index contributed by atoms with van der Waals surface area (Å²) in [6.45, 7) is 3.08. The molecular formula is C30H29F3N4O5. The number of fused-ring (bicyclic) bond motifs is 1. The number of hydrogen-bond donors (Lipinski definition) is 1. The summed E-state index contributed by atoms with van der Waals surface area (Å²) in [4.78, 5) is 22.6. The minimum absolute atomic E-state index is 0.000350. The molecule has 0 aliphatic carbocycles. The molecule has 0 saturated carbocycles. The van der Waals surface area contributed by atoms with Gasteiger partial charge in [0.05, 0.1) is 36.0 Å². The van der Waals surface area contributed by atoms with E-state index in [1.807, 2.05) is 4.57 Å². The number of hydrogen-bond acceptors (Lipinski definition) is 7. The normalized spacial score (nSPS) is 17.7. The van der Waals surface area contributed by atoms with Crippen molar-refractivity contribution in [2.45, 2.75) is 51.2 Å². The molecule has 0 amide bonds. The van der Waals surface area contributed by atoms with Crippen molar-refractivity contribution < 1.29 is 37.3 Å². The first-order valence-corrected chi connectivity index (χ1v) is 13.8. The molecule has 42 heavy (non-hydrogen) atoms. The molecule has 1 atom stereocenters. The highest BCUT2D eigenvalue weighted by atomic mass is 19.1. The van der Waals surface area contributed by atoms with Gasteiger partial charge >= 0.3 is 5.97 Å². The van der Waals surface area contributed by atoms with Crippen LogP contribution in [0.4, 0.5) is 13.2 Å². The fourth-order valence-electron chi connectivity index (χ4n) is 5.24. The molecule has 4 aromatic rings. The quantitative estimate of drug-likeness (QED) is 0.280. The van der Waals surface area contributed by atoms with E-state index in [-0.39, 0.29) is 35.6 Å². The Morgan fingerprint density at radius 2 is 1.86 bits per heavy atom. The average Bonchev–Trinajstić information content (AvgIpc) is 3.28. The van der Waals surface area contributed by atoms with Crippen LogP contribution in [0.1, 0.15) is 41.1 Å². The van der Waals surface area contributed by atoms with Crippen LogP contribution in [0.5, 0.6) is 11.5 Å². The molecule has 2 aromatic carbocycles. The highest BCUT2D eigenvalue weighted by molar-refractivity contribution is 5.92. The van der Waals surface area contributed by atoms with Gasteiger partial charge in [0, 0.05) is 38.0 Å². The summed E-state index contributed by atoms with van der Waals surface area (Å²) in [5, 5.41) is 9.43. The summed E-state index contributed by atoms with van der Waals surface area (Å²) in [5.74, 6) is -2.08. The number of aromatic carboxylic acids is 1. The molecule has 2 aliphatic rings. The number of pyridine rings is 1. The number of carboxylic acid groups (broad SMARTS) is 1. The van der Waals surface area contributed by atoms with Crippen LogP contribution >= 0.6 is 0 Å². The van der Waals surface area contributed by atoms with Gasteiger partial charge in [-0.25, -0.2) is 22.9 Å². The fraction of sp³-hybridized carbons (Fsp3) is 0.367. The lowest BCUT2D eigenvalue weighted by molar-refractivity contribution is -0.0592. The van der Waals surface area contributed by atoms with E-state index < -0.39 is 23.4 Å². The number of carboxylic acids is 1. The molecule has 220 valence electrons. The molecule has 2 aliphatic heterocycles. The molecule has 6 rings (SSSR count). The Kier molecular flexibility index (Phi) is 7.98. The largest absolute Gasteiger partial charge is 0.490 e. The van der Waals surface area contributed by atoms with Crippen molar-refractivity contribution in [3.63, 3.8) is 0 Å². The zero-order valence-electron chi connectivity index (χ0n) is 22.6. The summed E-state index contributed by atoms with van der Waals surface area (Å²) in [7, 11) is 0. The van der Waals surface area contributed by atoms with Crippen LogP contribution in [-0.4, -0.2) is 62.4 Å². The van der Waals surface area contributed by atoms with E-state index in [1.165, 1.54) is 12.1 Å². The molecule has 1 N–H and O–H groups in total. The minimum Gasteiger partial charge on any atom is -0.490 e. The van der Waals surface area contributed by atoms with Crippen molar-refractivity contribution in [3.8, 4) is 11.5 Å². The van der Waals surface area contributed by atoms with Crippen LogP contribution in [0.15, 0.2) is 48.7 Å². The maximum absolute atomic E-state index is 14.8. The monoisotopic (exact) mass is 582 g/mol. The molecule has 4 heterocycles. The topological polar surface area (TPSA) is 98.9 Å². The third kappa shape index (κ3) is 6.19. The van der Waals surface area contributed by atoms with Gasteiger partial charge in [0.15, 0.2) is 17.4 Å². The van der Waals surface area contributed by atoms with Crippen LogP contribution in [0.25, 0.3) is 11.0 Å². The van der Waals surface area contributed by atoms with E-state index >= 15 is 0 Å². The third-order valence-corrected chi connectivity index (χ3v) is 7.57. The Balaban J connectivity index is 1.08. The average molecular weight is 583 g/mol. The van der Waals surface area contributed by atoms with Crippen LogP contribution in [0, 0.1) is 17.5 Å². The van der Waals surface area contributed by atoms with E-state index in [2.05, 4.69) is 14.9 Å². The van der Waals surface area contributed by atoms with E-state index in [0.717, 1.165) is 50.6 Å². The summed E-state index contributed by atoms with van der Waals surface area (Å²) in [6, 6.07) is 9.09. The molecule has 2 saturated heterocycles. The Hall–Kier alpha value is -4.16. The van der Waals surface area contributed by atoms with E-state index in [0.29, 0.717) is 42.5 Å². The molecule has 0 radical (unpaired) electrons. The number of piperidine rings is 1. The number of aromatic nitrogens is 3. The first kappa shape index (κ1) is 28.0. The Morgan fingerprint density at radius 1 is 1.05 bits per heavy atom. The number of carbonyl (C=O) groups is 1. The molecular weight excluding hydrogens is 553 g/mol. The highest BCUT2D eigenvalue weighted by Crippen LogP contribution is 2.27. The maximum atomic E-state index is 14.8. The number of nitrogens with zero attached hydrogens (tertiary/aromatic N) is 4. The van der Waals surface area contributed by atoms with Gasteiger partial charge in [-0.1, -0.05) is 0 Å². The molecule has 12 heteroatoms. The maximum Gasteiger partial charge on any atom is 0.335 e. The number of halogens is 3. The molecule has 0 spiro atoms. The van der Waals surface area contributed by atoms with Crippen molar-refractivity contribution in [2.24, 2.45) is 0 Å². The zero-order valence-corrected chi connectivity index (χ0v) is 22.6. The Labute approximate surface area is 239 Å². The van der Waals surface area contributed by atoms with Gasteiger partial charge in [0.1, 0.15) is 35.6 Å². The van der Waals surface area contributed by atoms with Crippen molar-refractivity contribution in [1.82, 2.24) is 19.4 Å². The van der Waals surface area contributed by atoms with Gasteiger partial charge < -0.3 is 23.9 Å². The number of likely N-dealkylation sites (tertiary alicyclic amines) is 1. The second-order valence-corrected chi connectivity index (χ2v) is 10.5. The van der Waals surface area contributed by atoms with Crippen molar-refractivity contribution in [2.75, 3.05) is 19.7 Å². The Morgan fingerprint density at radius 3 is 2.57 bits per heavy atom. The lowest BCUT2D eigenvalue weighted by atomic mass is 10.1. The van der Waals surface area contributed by atoms with Crippen LogP contribution in [-0.2, 0) is 24.4 Å². The second kappa shape index (κ2) is 12.0. The molecule has 2 aromatic heterocycles. The van der Waals surface area contributed by atoms with Gasteiger partial charge in [-0.05, 0) is 49.6 Å². The molecule has 0 bridgehead atoms. The molecule has 2 fully saturated rings. The third-order valence-electron chi connectivity index (χ3n) is 7.57. The van der Waals surface area contributed by atoms with E-state index in [9.17, 15) is 23.1 Å².